The van der Waals surface area contributed by atoms with Gasteiger partial charge in [0.1, 0.15) is 0 Å². The second kappa shape index (κ2) is 7.14. The first kappa shape index (κ1) is 15.4. The standard InChI is InChI=1S/C19H20ClN/c1-3-14-19(15-4-2,16-10-12-17(20)13-11-16)21-18-8-6-5-7-9-18/h3-13,21H,1-2,14-15H2. The molecule has 108 valence electrons. The van der Waals surface area contributed by atoms with Gasteiger partial charge in [0.15, 0.2) is 0 Å². The lowest BCUT2D eigenvalue weighted by molar-refractivity contribution is 0.503. The molecular weight excluding hydrogens is 278 g/mol. The van der Waals surface area contributed by atoms with Crippen molar-refractivity contribution in [2.45, 2.75) is 18.4 Å². The van der Waals surface area contributed by atoms with Crippen molar-refractivity contribution < 1.29 is 0 Å². The molecule has 0 aliphatic rings. The summed E-state index contributed by atoms with van der Waals surface area (Å²) in [4.78, 5) is 0. The van der Waals surface area contributed by atoms with Gasteiger partial charge in [0.05, 0.1) is 5.54 Å². The van der Waals surface area contributed by atoms with E-state index in [9.17, 15) is 0 Å². The number of nitrogens with one attached hydrogen (secondary N) is 1. The molecule has 0 aromatic heterocycles. The molecule has 2 aromatic rings. The number of halogens is 1. The van der Waals surface area contributed by atoms with Crippen molar-refractivity contribution in [2.24, 2.45) is 0 Å². The fraction of sp³-hybridized carbons (Fsp3) is 0.158. The summed E-state index contributed by atoms with van der Waals surface area (Å²) in [5.74, 6) is 0. The van der Waals surface area contributed by atoms with E-state index in [4.69, 9.17) is 11.6 Å². The van der Waals surface area contributed by atoms with Crippen molar-refractivity contribution in [3.05, 3.63) is 90.5 Å². The Hall–Kier alpha value is -1.99. The Balaban J connectivity index is 2.43. The normalized spacial score (nSPS) is 10.9. The van der Waals surface area contributed by atoms with Crippen molar-refractivity contribution in [1.82, 2.24) is 0 Å². The third kappa shape index (κ3) is 3.77. The van der Waals surface area contributed by atoms with Crippen molar-refractivity contribution in [3.8, 4) is 0 Å². The maximum absolute atomic E-state index is 6.02. The van der Waals surface area contributed by atoms with E-state index in [1.54, 1.807) is 0 Å². The number of para-hydroxylation sites is 1. The van der Waals surface area contributed by atoms with E-state index in [1.807, 2.05) is 42.5 Å². The van der Waals surface area contributed by atoms with Gasteiger partial charge in [-0.2, -0.15) is 0 Å². The van der Waals surface area contributed by atoms with Gasteiger partial charge in [-0.15, -0.1) is 13.2 Å². The molecule has 0 saturated heterocycles. The van der Waals surface area contributed by atoms with Gasteiger partial charge in [-0.05, 0) is 42.7 Å². The molecule has 0 bridgehead atoms. The van der Waals surface area contributed by atoms with Gasteiger partial charge < -0.3 is 5.32 Å². The first-order chi connectivity index (χ1) is 10.2. The minimum absolute atomic E-state index is 0.255. The minimum Gasteiger partial charge on any atom is -0.375 e. The largest absolute Gasteiger partial charge is 0.375 e. The maximum Gasteiger partial charge on any atom is 0.0693 e. The van der Waals surface area contributed by atoms with Crippen molar-refractivity contribution in [3.63, 3.8) is 0 Å². The van der Waals surface area contributed by atoms with Crippen LogP contribution in [0.3, 0.4) is 0 Å². The Bertz CT molecular complexity index is 577. The number of anilines is 1. The molecule has 2 aromatic carbocycles. The molecule has 0 spiro atoms. The lowest BCUT2D eigenvalue weighted by atomic mass is 9.83. The minimum atomic E-state index is -0.255. The first-order valence-electron chi connectivity index (χ1n) is 7.01. The van der Waals surface area contributed by atoms with E-state index in [2.05, 4.69) is 42.7 Å². The van der Waals surface area contributed by atoms with Crippen LogP contribution in [0.2, 0.25) is 5.02 Å². The molecule has 1 N–H and O–H groups in total. The molecule has 1 nitrogen and oxygen atoms in total. The Morgan fingerprint density at radius 2 is 1.48 bits per heavy atom. The van der Waals surface area contributed by atoms with Crippen LogP contribution in [0.15, 0.2) is 79.9 Å². The highest BCUT2D eigenvalue weighted by molar-refractivity contribution is 6.30. The predicted octanol–water partition coefficient (Wildman–Crippen LogP) is 5.80. The second-order valence-electron chi connectivity index (χ2n) is 5.07. The molecule has 0 amide bonds. The Morgan fingerprint density at radius 3 is 2.00 bits per heavy atom. The van der Waals surface area contributed by atoms with E-state index in [1.165, 1.54) is 5.56 Å². The fourth-order valence-electron chi connectivity index (χ4n) is 2.55. The van der Waals surface area contributed by atoms with Gasteiger partial charge in [-0.25, -0.2) is 0 Å². The summed E-state index contributed by atoms with van der Waals surface area (Å²) < 4.78 is 0. The Labute approximate surface area is 132 Å². The van der Waals surface area contributed by atoms with Crippen molar-refractivity contribution in [1.29, 1.82) is 0 Å². The van der Waals surface area contributed by atoms with Crippen LogP contribution in [0, 0.1) is 0 Å². The molecule has 0 unspecified atom stereocenters. The molecule has 0 aliphatic heterocycles. The lowest BCUT2D eigenvalue weighted by Crippen LogP contribution is -2.34. The maximum atomic E-state index is 6.02. The lowest BCUT2D eigenvalue weighted by Gasteiger charge is -2.35. The van der Waals surface area contributed by atoms with E-state index >= 15 is 0 Å². The summed E-state index contributed by atoms with van der Waals surface area (Å²) in [6.07, 6.45) is 5.48. The third-order valence-corrected chi connectivity index (χ3v) is 3.79. The molecule has 0 radical (unpaired) electrons. The summed E-state index contributed by atoms with van der Waals surface area (Å²) in [5, 5.41) is 4.38. The van der Waals surface area contributed by atoms with Crippen LogP contribution >= 0.6 is 11.6 Å². The predicted molar refractivity (Wildman–Crippen MR) is 92.8 cm³/mol. The fourth-order valence-corrected chi connectivity index (χ4v) is 2.68. The van der Waals surface area contributed by atoms with Crippen LogP contribution in [0.25, 0.3) is 0 Å². The highest BCUT2D eigenvalue weighted by Gasteiger charge is 2.29. The van der Waals surface area contributed by atoms with E-state index < -0.39 is 0 Å². The summed E-state index contributed by atoms with van der Waals surface area (Å²) >= 11 is 6.02. The number of benzene rings is 2. The molecule has 0 heterocycles. The van der Waals surface area contributed by atoms with Crippen molar-refractivity contribution in [2.75, 3.05) is 5.32 Å². The van der Waals surface area contributed by atoms with Crippen LogP contribution in [0.1, 0.15) is 18.4 Å². The Morgan fingerprint density at radius 1 is 0.905 bits per heavy atom. The molecule has 21 heavy (non-hydrogen) atoms. The van der Waals surface area contributed by atoms with Gasteiger partial charge in [-0.1, -0.05) is 54.1 Å². The van der Waals surface area contributed by atoms with E-state index in [0.717, 1.165) is 23.6 Å². The number of hydrogen-bond donors (Lipinski definition) is 1. The highest BCUT2D eigenvalue weighted by atomic mass is 35.5. The van der Waals surface area contributed by atoms with E-state index in [0.29, 0.717) is 0 Å². The van der Waals surface area contributed by atoms with Crippen LogP contribution in [-0.2, 0) is 5.54 Å². The van der Waals surface area contributed by atoms with Gasteiger partial charge in [-0.3, -0.25) is 0 Å². The van der Waals surface area contributed by atoms with Crippen molar-refractivity contribution >= 4 is 17.3 Å². The topological polar surface area (TPSA) is 12.0 Å². The zero-order valence-electron chi connectivity index (χ0n) is 12.1. The summed E-state index contributed by atoms with van der Waals surface area (Å²) in [6.45, 7) is 7.82. The molecular formula is C19H20ClN. The smallest absolute Gasteiger partial charge is 0.0693 e. The van der Waals surface area contributed by atoms with Crippen LogP contribution in [0.5, 0.6) is 0 Å². The average molecular weight is 298 g/mol. The summed E-state index contributed by atoms with van der Waals surface area (Å²) in [6, 6.07) is 18.2. The molecule has 2 rings (SSSR count). The van der Waals surface area contributed by atoms with Gasteiger partial charge in [0.25, 0.3) is 0 Å². The SMILES string of the molecule is C=CCC(CC=C)(Nc1ccccc1)c1ccc(Cl)cc1. The molecule has 0 fully saturated rings. The van der Waals surface area contributed by atoms with Crippen LogP contribution in [0.4, 0.5) is 5.69 Å². The molecule has 0 saturated carbocycles. The monoisotopic (exact) mass is 297 g/mol. The number of rotatable bonds is 7. The van der Waals surface area contributed by atoms with Crippen LogP contribution in [-0.4, -0.2) is 0 Å². The zero-order chi connectivity index (χ0) is 15.1. The summed E-state index contributed by atoms with van der Waals surface area (Å²) in [7, 11) is 0. The average Bonchev–Trinajstić information content (AvgIpc) is 2.49. The molecule has 0 atom stereocenters. The molecule has 0 aliphatic carbocycles. The highest BCUT2D eigenvalue weighted by Crippen LogP contribution is 2.34. The van der Waals surface area contributed by atoms with Gasteiger partial charge in [0, 0.05) is 10.7 Å². The molecule has 2 heteroatoms. The van der Waals surface area contributed by atoms with E-state index in [-0.39, 0.29) is 5.54 Å². The number of hydrogen-bond acceptors (Lipinski definition) is 1. The van der Waals surface area contributed by atoms with Gasteiger partial charge >= 0.3 is 0 Å². The zero-order valence-corrected chi connectivity index (χ0v) is 12.8. The second-order valence-corrected chi connectivity index (χ2v) is 5.50. The first-order valence-corrected chi connectivity index (χ1v) is 7.39. The van der Waals surface area contributed by atoms with Gasteiger partial charge in [0.2, 0.25) is 0 Å². The summed E-state index contributed by atoms with van der Waals surface area (Å²) in [5.41, 5.74) is 2.00. The third-order valence-electron chi connectivity index (χ3n) is 3.54. The quantitative estimate of drug-likeness (QED) is 0.637. The van der Waals surface area contributed by atoms with Crippen LogP contribution < -0.4 is 5.32 Å². The Kier molecular flexibility index (Phi) is 5.24.